The number of benzene rings is 2. The predicted molar refractivity (Wildman–Crippen MR) is 76.7 cm³/mol. The van der Waals surface area contributed by atoms with Gasteiger partial charge in [0.25, 0.3) is 5.69 Å². The lowest BCUT2D eigenvalue weighted by molar-refractivity contribution is -0.384. The van der Waals surface area contributed by atoms with E-state index in [0.717, 1.165) is 20.8 Å². The first kappa shape index (κ1) is 12.1. The SMILES string of the molecule is O=[N+]([O-])c1ccc(-c2nc3ccccc3s2)cc1Cl. The first-order valence-electron chi connectivity index (χ1n) is 5.45. The van der Waals surface area contributed by atoms with Crippen LogP contribution in [0.25, 0.3) is 20.8 Å². The summed E-state index contributed by atoms with van der Waals surface area (Å²) in [5.41, 5.74) is 1.61. The molecule has 1 heterocycles. The van der Waals surface area contributed by atoms with Crippen LogP contribution in [0, 0.1) is 10.1 Å². The van der Waals surface area contributed by atoms with Crippen LogP contribution in [0.5, 0.6) is 0 Å². The van der Waals surface area contributed by atoms with E-state index in [9.17, 15) is 10.1 Å². The van der Waals surface area contributed by atoms with Gasteiger partial charge in [0.05, 0.1) is 15.1 Å². The van der Waals surface area contributed by atoms with Gasteiger partial charge in [-0.1, -0.05) is 23.7 Å². The van der Waals surface area contributed by atoms with Gasteiger partial charge in [0.15, 0.2) is 0 Å². The van der Waals surface area contributed by atoms with Crippen molar-refractivity contribution in [2.45, 2.75) is 0 Å². The van der Waals surface area contributed by atoms with E-state index < -0.39 is 4.92 Å². The van der Waals surface area contributed by atoms with E-state index in [-0.39, 0.29) is 10.7 Å². The van der Waals surface area contributed by atoms with Crippen molar-refractivity contribution in [3.8, 4) is 10.6 Å². The van der Waals surface area contributed by atoms with Crippen LogP contribution in [0.1, 0.15) is 0 Å². The van der Waals surface area contributed by atoms with Gasteiger partial charge >= 0.3 is 0 Å². The number of aromatic nitrogens is 1. The molecule has 0 atom stereocenters. The number of thiazole rings is 1. The highest BCUT2D eigenvalue weighted by Crippen LogP contribution is 2.34. The Kier molecular flexibility index (Phi) is 2.93. The Morgan fingerprint density at radius 2 is 2.00 bits per heavy atom. The zero-order chi connectivity index (χ0) is 13.4. The number of nitro groups is 1. The molecule has 4 nitrogen and oxygen atoms in total. The van der Waals surface area contributed by atoms with Crippen molar-refractivity contribution in [2.75, 3.05) is 0 Å². The molecule has 3 aromatic rings. The van der Waals surface area contributed by atoms with E-state index in [1.54, 1.807) is 12.1 Å². The molecule has 0 spiro atoms. The summed E-state index contributed by atoms with van der Waals surface area (Å²) in [6.45, 7) is 0. The maximum atomic E-state index is 10.7. The van der Waals surface area contributed by atoms with Crippen LogP contribution in [-0.4, -0.2) is 9.91 Å². The molecule has 0 fully saturated rings. The fourth-order valence-electron chi connectivity index (χ4n) is 1.78. The van der Waals surface area contributed by atoms with Gasteiger partial charge in [0, 0.05) is 11.6 Å². The molecule has 0 N–H and O–H groups in total. The van der Waals surface area contributed by atoms with Crippen molar-refractivity contribution in [3.05, 3.63) is 57.6 Å². The largest absolute Gasteiger partial charge is 0.287 e. The summed E-state index contributed by atoms with van der Waals surface area (Å²) in [5, 5.41) is 11.6. The lowest BCUT2D eigenvalue weighted by Gasteiger charge is -1.98. The normalized spacial score (nSPS) is 10.8. The number of nitrogens with zero attached hydrogens (tertiary/aromatic N) is 2. The summed E-state index contributed by atoms with van der Waals surface area (Å²) in [6, 6.07) is 12.5. The smallest absolute Gasteiger partial charge is 0.258 e. The van der Waals surface area contributed by atoms with Crippen LogP contribution in [0.15, 0.2) is 42.5 Å². The standard InChI is InChI=1S/C13H7ClN2O2S/c14-9-7-8(5-6-11(9)16(17)18)13-15-10-3-1-2-4-12(10)19-13/h1-7H. The van der Waals surface area contributed by atoms with E-state index in [2.05, 4.69) is 4.98 Å². The Labute approximate surface area is 117 Å². The Morgan fingerprint density at radius 3 is 2.68 bits per heavy atom. The average Bonchev–Trinajstić information content (AvgIpc) is 2.81. The summed E-state index contributed by atoms with van der Waals surface area (Å²) in [4.78, 5) is 14.7. The van der Waals surface area contributed by atoms with E-state index >= 15 is 0 Å². The molecular weight excluding hydrogens is 284 g/mol. The van der Waals surface area contributed by atoms with Crippen LogP contribution in [0.3, 0.4) is 0 Å². The molecule has 0 amide bonds. The van der Waals surface area contributed by atoms with Crippen molar-refractivity contribution >= 4 is 38.8 Å². The second-order valence-corrected chi connectivity index (χ2v) is 5.35. The molecular formula is C13H7ClN2O2S. The number of hydrogen-bond donors (Lipinski definition) is 0. The topological polar surface area (TPSA) is 56.0 Å². The number of fused-ring (bicyclic) bond motifs is 1. The Balaban J connectivity index is 2.11. The molecule has 3 rings (SSSR count). The van der Waals surface area contributed by atoms with Crippen molar-refractivity contribution in [3.63, 3.8) is 0 Å². The van der Waals surface area contributed by atoms with Crippen LogP contribution >= 0.6 is 22.9 Å². The number of hydrogen-bond acceptors (Lipinski definition) is 4. The Bertz CT molecular complexity index is 752. The van der Waals surface area contributed by atoms with Crippen LogP contribution in [-0.2, 0) is 0 Å². The summed E-state index contributed by atoms with van der Waals surface area (Å²) < 4.78 is 1.08. The second kappa shape index (κ2) is 4.60. The van der Waals surface area contributed by atoms with Crippen LogP contribution in [0.2, 0.25) is 5.02 Å². The fourth-order valence-corrected chi connectivity index (χ4v) is 3.00. The van der Waals surface area contributed by atoms with Gasteiger partial charge in [0.2, 0.25) is 0 Å². The fraction of sp³-hybridized carbons (Fsp3) is 0. The molecule has 0 saturated carbocycles. The van der Waals surface area contributed by atoms with Gasteiger partial charge in [-0.25, -0.2) is 4.98 Å². The van der Waals surface area contributed by atoms with Gasteiger partial charge in [-0.05, 0) is 24.3 Å². The number of rotatable bonds is 2. The quantitative estimate of drug-likeness (QED) is 0.515. The first-order valence-corrected chi connectivity index (χ1v) is 6.64. The minimum Gasteiger partial charge on any atom is -0.258 e. The molecule has 0 radical (unpaired) electrons. The molecule has 6 heteroatoms. The molecule has 94 valence electrons. The summed E-state index contributed by atoms with van der Waals surface area (Å²) in [6.07, 6.45) is 0. The molecule has 2 aromatic carbocycles. The zero-order valence-electron chi connectivity index (χ0n) is 9.54. The molecule has 1 aromatic heterocycles. The van der Waals surface area contributed by atoms with Gasteiger partial charge in [-0.2, -0.15) is 0 Å². The van der Waals surface area contributed by atoms with Crippen molar-refractivity contribution in [1.82, 2.24) is 4.98 Å². The molecule has 0 bridgehead atoms. The third kappa shape index (κ3) is 2.18. The summed E-state index contributed by atoms with van der Waals surface area (Å²) in [5.74, 6) is 0. The average molecular weight is 291 g/mol. The predicted octanol–water partition coefficient (Wildman–Crippen LogP) is 4.52. The monoisotopic (exact) mass is 290 g/mol. The number of para-hydroxylation sites is 1. The molecule has 0 aliphatic rings. The molecule has 0 aliphatic carbocycles. The molecule has 19 heavy (non-hydrogen) atoms. The minimum atomic E-state index is -0.496. The van der Waals surface area contributed by atoms with E-state index in [1.807, 2.05) is 24.3 Å². The molecule has 0 saturated heterocycles. The maximum Gasteiger partial charge on any atom is 0.287 e. The lowest BCUT2D eigenvalue weighted by Crippen LogP contribution is -1.89. The third-order valence-electron chi connectivity index (χ3n) is 2.69. The highest BCUT2D eigenvalue weighted by molar-refractivity contribution is 7.21. The first-order chi connectivity index (χ1) is 9.15. The van der Waals surface area contributed by atoms with E-state index in [4.69, 9.17) is 11.6 Å². The Hall–Kier alpha value is -1.98. The van der Waals surface area contributed by atoms with Gasteiger partial charge in [-0.15, -0.1) is 11.3 Å². The highest BCUT2D eigenvalue weighted by Gasteiger charge is 2.14. The van der Waals surface area contributed by atoms with Crippen LogP contribution in [0.4, 0.5) is 5.69 Å². The van der Waals surface area contributed by atoms with Gasteiger partial charge < -0.3 is 0 Å². The van der Waals surface area contributed by atoms with Gasteiger partial charge in [-0.3, -0.25) is 10.1 Å². The highest BCUT2D eigenvalue weighted by atomic mass is 35.5. The molecule has 0 aliphatic heterocycles. The minimum absolute atomic E-state index is 0.0912. The number of halogens is 1. The van der Waals surface area contributed by atoms with Crippen molar-refractivity contribution < 1.29 is 4.92 Å². The second-order valence-electron chi connectivity index (χ2n) is 3.91. The van der Waals surface area contributed by atoms with Gasteiger partial charge in [0.1, 0.15) is 10.0 Å². The Morgan fingerprint density at radius 1 is 1.21 bits per heavy atom. The van der Waals surface area contributed by atoms with E-state index in [1.165, 1.54) is 17.4 Å². The van der Waals surface area contributed by atoms with Crippen molar-refractivity contribution in [1.29, 1.82) is 0 Å². The van der Waals surface area contributed by atoms with Crippen LogP contribution < -0.4 is 0 Å². The zero-order valence-corrected chi connectivity index (χ0v) is 11.1. The maximum absolute atomic E-state index is 10.7. The summed E-state index contributed by atoms with van der Waals surface area (Å²) in [7, 11) is 0. The third-order valence-corrected chi connectivity index (χ3v) is 4.07. The van der Waals surface area contributed by atoms with E-state index in [0.29, 0.717) is 0 Å². The summed E-state index contributed by atoms with van der Waals surface area (Å²) >= 11 is 7.44. The number of nitro benzene ring substituents is 1. The molecule has 0 unspecified atom stereocenters. The lowest BCUT2D eigenvalue weighted by atomic mass is 10.2. The van der Waals surface area contributed by atoms with Crippen molar-refractivity contribution in [2.24, 2.45) is 0 Å².